The fraction of sp³-hybridized carbons (Fsp3) is 0.333. The van der Waals surface area contributed by atoms with E-state index in [2.05, 4.69) is 25.8 Å². The van der Waals surface area contributed by atoms with Crippen molar-refractivity contribution in [2.24, 2.45) is 0 Å². The van der Waals surface area contributed by atoms with E-state index in [9.17, 15) is 5.11 Å². The second-order valence-corrected chi connectivity index (χ2v) is 8.03. The van der Waals surface area contributed by atoms with Gasteiger partial charge in [0.1, 0.15) is 11.9 Å². The van der Waals surface area contributed by atoms with Gasteiger partial charge in [-0.25, -0.2) is 9.07 Å². The van der Waals surface area contributed by atoms with E-state index in [4.69, 9.17) is 0 Å². The van der Waals surface area contributed by atoms with Gasteiger partial charge in [0.25, 0.3) is 0 Å². The monoisotopic (exact) mass is 407 g/mol. The van der Waals surface area contributed by atoms with Crippen LogP contribution in [-0.4, -0.2) is 61.1 Å². The number of hydrogen-bond acceptors (Lipinski definition) is 7. The maximum atomic E-state index is 15.2. The van der Waals surface area contributed by atoms with Crippen molar-refractivity contribution in [1.29, 1.82) is 0 Å². The largest absolute Gasteiger partial charge is 0.507 e. The van der Waals surface area contributed by atoms with E-state index in [0.717, 1.165) is 0 Å². The lowest BCUT2D eigenvalue weighted by Crippen LogP contribution is -2.62. The Morgan fingerprint density at radius 1 is 1.27 bits per heavy atom. The van der Waals surface area contributed by atoms with Gasteiger partial charge in [0.2, 0.25) is 0 Å². The fourth-order valence-corrected chi connectivity index (χ4v) is 4.31. The third kappa shape index (κ3) is 3.02. The number of benzene rings is 1. The number of piperidine rings is 1. The number of phenols is 1. The van der Waals surface area contributed by atoms with E-state index in [1.54, 1.807) is 41.3 Å². The molecule has 154 valence electrons. The summed E-state index contributed by atoms with van der Waals surface area (Å²) in [6.45, 7) is 1.88. The predicted molar refractivity (Wildman–Crippen MR) is 110 cm³/mol. The second-order valence-electron chi connectivity index (χ2n) is 8.03. The number of nitrogens with one attached hydrogen (secondary N) is 1. The Morgan fingerprint density at radius 2 is 2.13 bits per heavy atom. The molecule has 8 nitrogen and oxygen atoms in total. The zero-order chi connectivity index (χ0) is 20.9. The third-order valence-corrected chi connectivity index (χ3v) is 6.03. The molecule has 1 aromatic carbocycles. The van der Waals surface area contributed by atoms with Gasteiger partial charge >= 0.3 is 0 Å². The molecule has 2 aromatic heterocycles. The molecule has 0 saturated carbocycles. The first-order chi connectivity index (χ1) is 14.4. The van der Waals surface area contributed by atoms with E-state index >= 15 is 4.39 Å². The number of anilines is 1. The molecule has 0 spiro atoms. The molecule has 2 bridgehead atoms. The van der Waals surface area contributed by atoms with Crippen LogP contribution in [0.5, 0.6) is 5.75 Å². The van der Waals surface area contributed by atoms with Crippen molar-refractivity contribution in [3.8, 4) is 22.7 Å². The highest BCUT2D eigenvalue weighted by Gasteiger charge is 2.48. The Bertz CT molecular complexity index is 1090. The second kappa shape index (κ2) is 6.88. The van der Waals surface area contributed by atoms with Crippen LogP contribution in [-0.2, 0) is 0 Å². The average Bonchev–Trinajstić information content (AvgIpc) is 3.40. The maximum absolute atomic E-state index is 15.2. The van der Waals surface area contributed by atoms with Gasteiger partial charge in [-0.05, 0) is 37.6 Å². The van der Waals surface area contributed by atoms with Crippen molar-refractivity contribution >= 4 is 5.82 Å². The highest BCUT2D eigenvalue weighted by atomic mass is 19.1. The number of rotatable bonds is 4. The molecule has 2 aliphatic rings. The zero-order valence-corrected chi connectivity index (χ0v) is 16.6. The Balaban J connectivity index is 1.37. The Kier molecular flexibility index (Phi) is 4.28. The number of hydrogen-bond donors (Lipinski definition) is 2. The molecule has 0 aliphatic carbocycles. The highest BCUT2D eigenvalue weighted by molar-refractivity contribution is 5.69. The van der Waals surface area contributed by atoms with Crippen molar-refractivity contribution in [1.82, 2.24) is 30.5 Å². The van der Waals surface area contributed by atoms with Crippen molar-refractivity contribution in [2.75, 3.05) is 11.9 Å². The van der Waals surface area contributed by atoms with Crippen molar-refractivity contribution in [3.63, 3.8) is 0 Å². The summed E-state index contributed by atoms with van der Waals surface area (Å²) in [5, 5.41) is 30.0. The molecule has 1 unspecified atom stereocenters. The van der Waals surface area contributed by atoms with Crippen LogP contribution in [0.25, 0.3) is 16.9 Å². The van der Waals surface area contributed by atoms with Gasteiger partial charge in [-0.1, -0.05) is 17.4 Å². The van der Waals surface area contributed by atoms with Crippen molar-refractivity contribution in [2.45, 2.75) is 37.1 Å². The molecule has 30 heavy (non-hydrogen) atoms. The van der Waals surface area contributed by atoms with Gasteiger partial charge in [-0.2, -0.15) is 0 Å². The molecule has 2 aliphatic heterocycles. The first-order valence-corrected chi connectivity index (χ1v) is 9.82. The fourth-order valence-electron chi connectivity index (χ4n) is 4.31. The van der Waals surface area contributed by atoms with Crippen LogP contribution in [0.3, 0.4) is 0 Å². The van der Waals surface area contributed by atoms with E-state index < -0.39 is 11.7 Å². The summed E-state index contributed by atoms with van der Waals surface area (Å²) >= 11 is 0. The maximum Gasteiger partial charge on any atom is 0.151 e. The van der Waals surface area contributed by atoms with E-state index in [-0.39, 0.29) is 17.8 Å². The molecule has 2 N–H and O–H groups in total. The van der Waals surface area contributed by atoms with Crippen LogP contribution in [0.1, 0.15) is 13.3 Å². The quantitative estimate of drug-likeness (QED) is 0.641. The molecule has 1 saturated heterocycles. The molecule has 9 heteroatoms. The summed E-state index contributed by atoms with van der Waals surface area (Å²) in [5.41, 5.74) is 1.13. The molecule has 4 atom stereocenters. The Hall–Kier alpha value is -3.33. The van der Waals surface area contributed by atoms with Gasteiger partial charge in [0, 0.05) is 24.7 Å². The molecule has 1 fully saturated rings. The lowest BCUT2D eigenvalue weighted by atomic mass is 9.86. The van der Waals surface area contributed by atoms with Crippen LogP contribution < -0.4 is 10.2 Å². The molecule has 4 heterocycles. The molecule has 0 amide bonds. The number of aromatic hydroxyl groups is 1. The van der Waals surface area contributed by atoms with Crippen LogP contribution >= 0.6 is 0 Å². The number of phenolic OH excluding ortho intramolecular Hbond substituents is 1. The van der Waals surface area contributed by atoms with Crippen LogP contribution in [0.15, 0.2) is 54.9 Å². The first-order valence-electron chi connectivity index (χ1n) is 9.82. The third-order valence-electron chi connectivity index (χ3n) is 6.03. The minimum atomic E-state index is -1.06. The summed E-state index contributed by atoms with van der Waals surface area (Å²) in [6.07, 6.45) is 6.83. The lowest BCUT2D eigenvalue weighted by Gasteiger charge is -2.43. The number of halogens is 1. The van der Waals surface area contributed by atoms with E-state index in [1.165, 1.54) is 0 Å². The smallest absolute Gasteiger partial charge is 0.151 e. The lowest BCUT2D eigenvalue weighted by molar-refractivity contribution is 0.128. The van der Waals surface area contributed by atoms with Gasteiger partial charge in [-0.3, -0.25) is 5.32 Å². The normalized spacial score (nSPS) is 27.4. The van der Waals surface area contributed by atoms with Gasteiger partial charge in [0.05, 0.1) is 35.4 Å². The minimum absolute atomic E-state index is 0.0659. The minimum Gasteiger partial charge on any atom is -0.507 e. The number of fused-ring (bicyclic) bond motifs is 2. The SMILES string of the molecule is CN(c1ccc(-c2ccc(-n3ccnn3)cc2O)nn1)[C@H]1CC2C=C[C@@](C)(N2)[C@@H]1F. The molecule has 3 aromatic rings. The number of aromatic nitrogens is 5. The summed E-state index contributed by atoms with van der Waals surface area (Å²) in [6, 6.07) is 8.63. The molecular weight excluding hydrogens is 385 g/mol. The predicted octanol–water partition coefficient (Wildman–Crippen LogP) is 2.26. The molecule has 0 radical (unpaired) electrons. The van der Waals surface area contributed by atoms with Crippen LogP contribution in [0.2, 0.25) is 0 Å². The van der Waals surface area contributed by atoms with Crippen molar-refractivity contribution < 1.29 is 9.50 Å². The van der Waals surface area contributed by atoms with Gasteiger partial charge in [-0.15, -0.1) is 15.3 Å². The first kappa shape index (κ1) is 18.7. The molecule has 5 rings (SSSR count). The summed E-state index contributed by atoms with van der Waals surface area (Å²) in [4.78, 5) is 1.86. The molecular formula is C21H22FN7O. The van der Waals surface area contributed by atoms with E-state index in [0.29, 0.717) is 29.2 Å². The topological polar surface area (TPSA) is 92.0 Å². The van der Waals surface area contributed by atoms with Gasteiger partial charge < -0.3 is 10.0 Å². The zero-order valence-electron chi connectivity index (χ0n) is 16.6. The standard InChI is InChI=1S/C21H22FN7O/c1-21-8-7-13(24-21)11-17(20(21)22)28(2)19-6-5-16(25-26-19)15-4-3-14(12-18(15)30)29-10-9-23-27-29/h3-10,12-13,17,20,24,30H,11H2,1-2H3/t13?,17-,20+,21+/m0/s1. The van der Waals surface area contributed by atoms with Crippen molar-refractivity contribution in [3.05, 3.63) is 54.9 Å². The van der Waals surface area contributed by atoms with Gasteiger partial charge in [0.15, 0.2) is 5.82 Å². The van der Waals surface area contributed by atoms with Crippen LogP contribution in [0.4, 0.5) is 10.2 Å². The average molecular weight is 407 g/mol. The summed E-state index contributed by atoms with van der Waals surface area (Å²) in [7, 11) is 1.85. The van der Waals surface area contributed by atoms with Crippen LogP contribution in [0, 0.1) is 0 Å². The Labute approximate surface area is 173 Å². The Morgan fingerprint density at radius 3 is 2.83 bits per heavy atom. The summed E-state index contributed by atoms with van der Waals surface area (Å²) in [5.74, 6) is 0.659. The summed E-state index contributed by atoms with van der Waals surface area (Å²) < 4.78 is 16.7. The number of alkyl halides is 1. The highest BCUT2D eigenvalue weighted by Crippen LogP contribution is 2.36. The number of nitrogens with zero attached hydrogens (tertiary/aromatic N) is 6. The van der Waals surface area contributed by atoms with E-state index in [1.807, 2.05) is 37.1 Å².